The number of primary sulfonamides is 1. The molecule has 1 aromatic carbocycles. The summed E-state index contributed by atoms with van der Waals surface area (Å²) in [6.07, 6.45) is 1.52. The largest absolute Gasteiger partial charge is 0.329 e. The maximum absolute atomic E-state index is 11.5. The first-order chi connectivity index (χ1) is 9.68. The molecule has 0 saturated carbocycles. The normalized spacial score (nSPS) is 12.1. The summed E-state index contributed by atoms with van der Waals surface area (Å²) in [6, 6.07) is 6.24. The number of sulfonamides is 1. The Morgan fingerprint density at radius 1 is 1.29 bits per heavy atom. The van der Waals surface area contributed by atoms with Crippen LogP contribution in [-0.4, -0.2) is 18.0 Å². The van der Waals surface area contributed by atoms with E-state index in [1.165, 1.54) is 17.3 Å². The fraction of sp³-hybridized carbons (Fsp3) is 0.400. The molecule has 0 amide bonds. The molecule has 0 radical (unpaired) electrons. The van der Waals surface area contributed by atoms with Crippen molar-refractivity contribution in [1.82, 2.24) is 9.55 Å². The molecule has 0 fully saturated rings. The third-order valence-electron chi connectivity index (χ3n) is 3.44. The van der Waals surface area contributed by atoms with Gasteiger partial charge in [-0.05, 0) is 25.0 Å². The lowest BCUT2D eigenvalue weighted by Crippen LogP contribution is -2.12. The SMILES string of the molecule is Cc1ccc(C)c(Cn2cc(S(N)(=O)=O)nc2C(C)C)c1. The topological polar surface area (TPSA) is 78.0 Å². The number of benzene rings is 1. The number of nitrogens with two attached hydrogens (primary N) is 1. The molecule has 0 saturated heterocycles. The highest BCUT2D eigenvalue weighted by Gasteiger charge is 2.18. The van der Waals surface area contributed by atoms with Gasteiger partial charge in [-0.2, -0.15) is 0 Å². The van der Waals surface area contributed by atoms with Crippen molar-refractivity contribution in [3.8, 4) is 0 Å². The van der Waals surface area contributed by atoms with Crippen molar-refractivity contribution < 1.29 is 8.42 Å². The van der Waals surface area contributed by atoms with Gasteiger partial charge in [0.2, 0.25) is 0 Å². The van der Waals surface area contributed by atoms with Crippen LogP contribution in [0.2, 0.25) is 0 Å². The summed E-state index contributed by atoms with van der Waals surface area (Å²) < 4.78 is 24.9. The zero-order valence-corrected chi connectivity index (χ0v) is 13.6. The molecule has 0 aliphatic carbocycles. The van der Waals surface area contributed by atoms with Crippen LogP contribution in [0.3, 0.4) is 0 Å². The minimum absolute atomic E-state index is 0.0727. The summed E-state index contributed by atoms with van der Waals surface area (Å²) in [7, 11) is -3.78. The average Bonchev–Trinajstić information content (AvgIpc) is 2.78. The van der Waals surface area contributed by atoms with Crippen LogP contribution in [0.1, 0.15) is 42.3 Å². The molecular weight excluding hydrogens is 286 g/mol. The zero-order chi connectivity index (χ0) is 15.8. The lowest BCUT2D eigenvalue weighted by Gasteiger charge is -2.12. The number of aromatic nitrogens is 2. The number of imidazole rings is 1. The van der Waals surface area contributed by atoms with E-state index in [1.807, 2.05) is 32.3 Å². The predicted molar refractivity (Wildman–Crippen MR) is 82.7 cm³/mol. The molecule has 6 heteroatoms. The Hall–Kier alpha value is -1.66. The molecule has 2 rings (SSSR count). The van der Waals surface area contributed by atoms with Gasteiger partial charge in [0.05, 0.1) is 0 Å². The van der Waals surface area contributed by atoms with E-state index in [1.54, 1.807) is 0 Å². The van der Waals surface area contributed by atoms with Crippen LogP contribution in [0.5, 0.6) is 0 Å². The molecular formula is C15H21N3O2S. The van der Waals surface area contributed by atoms with E-state index in [-0.39, 0.29) is 10.9 Å². The smallest absolute Gasteiger partial charge is 0.257 e. The predicted octanol–water partition coefficient (Wildman–Crippen LogP) is 2.32. The molecule has 21 heavy (non-hydrogen) atoms. The van der Waals surface area contributed by atoms with Crippen LogP contribution >= 0.6 is 0 Å². The van der Waals surface area contributed by atoms with Crippen molar-refractivity contribution >= 4 is 10.0 Å². The number of hydrogen-bond donors (Lipinski definition) is 1. The second-order valence-corrected chi connectivity index (χ2v) is 7.20. The van der Waals surface area contributed by atoms with Crippen LogP contribution in [0.4, 0.5) is 0 Å². The fourth-order valence-corrected chi connectivity index (χ4v) is 2.78. The highest BCUT2D eigenvalue weighted by atomic mass is 32.2. The monoisotopic (exact) mass is 307 g/mol. The number of hydrogen-bond acceptors (Lipinski definition) is 3. The molecule has 1 heterocycles. The maximum Gasteiger partial charge on any atom is 0.257 e. The third kappa shape index (κ3) is 3.51. The van der Waals surface area contributed by atoms with Gasteiger partial charge in [-0.15, -0.1) is 0 Å². The average molecular weight is 307 g/mol. The summed E-state index contributed by atoms with van der Waals surface area (Å²) in [4.78, 5) is 4.18. The van der Waals surface area contributed by atoms with Crippen molar-refractivity contribution in [1.29, 1.82) is 0 Å². The standard InChI is InChI=1S/C15H21N3O2S/c1-10(2)15-17-14(21(16,19)20)9-18(15)8-13-7-11(3)5-6-12(13)4/h5-7,9-10H,8H2,1-4H3,(H2,16,19,20). The lowest BCUT2D eigenvalue weighted by molar-refractivity contribution is 0.594. The third-order valence-corrected chi connectivity index (χ3v) is 4.22. The van der Waals surface area contributed by atoms with E-state index in [9.17, 15) is 8.42 Å². The first-order valence-electron chi connectivity index (χ1n) is 6.84. The van der Waals surface area contributed by atoms with Gasteiger partial charge >= 0.3 is 0 Å². The van der Waals surface area contributed by atoms with E-state index < -0.39 is 10.0 Å². The van der Waals surface area contributed by atoms with Crippen molar-refractivity contribution in [2.45, 2.75) is 45.2 Å². The Kier molecular flexibility index (Phi) is 4.20. The summed E-state index contributed by atoms with van der Waals surface area (Å²) in [5.74, 6) is 0.838. The second-order valence-electron chi connectivity index (χ2n) is 5.69. The van der Waals surface area contributed by atoms with Gasteiger partial charge in [-0.3, -0.25) is 0 Å². The Morgan fingerprint density at radius 3 is 2.52 bits per heavy atom. The van der Waals surface area contributed by atoms with Gasteiger partial charge in [0.1, 0.15) is 5.82 Å². The highest BCUT2D eigenvalue weighted by molar-refractivity contribution is 7.89. The van der Waals surface area contributed by atoms with Crippen LogP contribution in [0, 0.1) is 13.8 Å². The lowest BCUT2D eigenvalue weighted by atomic mass is 10.1. The first-order valence-corrected chi connectivity index (χ1v) is 8.39. The van der Waals surface area contributed by atoms with E-state index in [2.05, 4.69) is 23.2 Å². The Labute approximate surface area is 125 Å². The quantitative estimate of drug-likeness (QED) is 0.941. The summed E-state index contributed by atoms with van der Waals surface area (Å²) in [5, 5.41) is 5.11. The van der Waals surface area contributed by atoms with Gasteiger partial charge in [0.15, 0.2) is 5.03 Å². The Morgan fingerprint density at radius 2 is 1.95 bits per heavy atom. The molecule has 114 valence electrons. The summed E-state index contributed by atoms with van der Waals surface area (Å²) >= 11 is 0. The molecule has 0 bridgehead atoms. The van der Waals surface area contributed by atoms with Gasteiger partial charge < -0.3 is 4.57 Å². The van der Waals surface area contributed by atoms with Crippen molar-refractivity contribution in [3.05, 3.63) is 46.9 Å². The van der Waals surface area contributed by atoms with Gasteiger partial charge in [-0.25, -0.2) is 18.5 Å². The summed E-state index contributed by atoms with van der Waals surface area (Å²) in [5.41, 5.74) is 3.49. The minimum Gasteiger partial charge on any atom is -0.329 e. The van der Waals surface area contributed by atoms with Crippen molar-refractivity contribution in [2.75, 3.05) is 0 Å². The van der Waals surface area contributed by atoms with Crippen LogP contribution in [0.25, 0.3) is 0 Å². The molecule has 0 atom stereocenters. The van der Waals surface area contributed by atoms with E-state index in [4.69, 9.17) is 5.14 Å². The van der Waals surface area contributed by atoms with Gasteiger partial charge in [0, 0.05) is 18.7 Å². The molecule has 0 aliphatic rings. The highest BCUT2D eigenvalue weighted by Crippen LogP contribution is 2.20. The van der Waals surface area contributed by atoms with E-state index in [0.29, 0.717) is 6.54 Å². The maximum atomic E-state index is 11.5. The van der Waals surface area contributed by atoms with E-state index >= 15 is 0 Å². The molecule has 2 N–H and O–H groups in total. The van der Waals surface area contributed by atoms with E-state index in [0.717, 1.165) is 11.4 Å². The number of nitrogens with zero attached hydrogens (tertiary/aromatic N) is 2. The molecule has 1 aromatic heterocycles. The van der Waals surface area contributed by atoms with Crippen LogP contribution < -0.4 is 5.14 Å². The second kappa shape index (κ2) is 5.61. The Bertz CT molecular complexity index is 761. The Balaban J connectivity index is 2.48. The zero-order valence-electron chi connectivity index (χ0n) is 12.8. The minimum atomic E-state index is -3.78. The fourth-order valence-electron chi connectivity index (χ4n) is 2.28. The molecule has 0 spiro atoms. The van der Waals surface area contributed by atoms with Crippen LogP contribution in [0.15, 0.2) is 29.4 Å². The van der Waals surface area contributed by atoms with Gasteiger partial charge in [0.25, 0.3) is 10.0 Å². The number of aryl methyl sites for hydroxylation is 2. The van der Waals surface area contributed by atoms with Crippen molar-refractivity contribution in [3.63, 3.8) is 0 Å². The van der Waals surface area contributed by atoms with Crippen molar-refractivity contribution in [2.24, 2.45) is 5.14 Å². The molecule has 5 nitrogen and oxygen atoms in total. The van der Waals surface area contributed by atoms with Crippen LogP contribution in [-0.2, 0) is 16.6 Å². The summed E-state index contributed by atoms with van der Waals surface area (Å²) in [6.45, 7) is 8.63. The first kappa shape index (κ1) is 15.7. The molecule has 0 unspecified atom stereocenters. The van der Waals surface area contributed by atoms with Gasteiger partial charge in [-0.1, -0.05) is 37.6 Å². The molecule has 2 aromatic rings. The number of rotatable bonds is 4. The molecule has 0 aliphatic heterocycles.